The number of carboxylic acid groups (broad SMARTS) is 1. The maximum absolute atomic E-state index is 11.6. The number of aryl methyl sites for hydroxylation is 2. The van der Waals surface area contributed by atoms with E-state index in [4.69, 9.17) is 9.84 Å². The van der Waals surface area contributed by atoms with Crippen LogP contribution in [0.1, 0.15) is 39.3 Å². The van der Waals surface area contributed by atoms with Gasteiger partial charge in [-0.25, -0.2) is 19.6 Å². The Morgan fingerprint density at radius 3 is 1.96 bits per heavy atom. The molecule has 0 spiro atoms. The van der Waals surface area contributed by atoms with Gasteiger partial charge in [0.15, 0.2) is 22.7 Å². The second-order valence-corrected chi connectivity index (χ2v) is 5.73. The summed E-state index contributed by atoms with van der Waals surface area (Å²) in [6, 6.07) is 0. The molecule has 1 N–H and O–H groups in total. The normalized spacial score (nSPS) is 10.5. The van der Waals surface area contributed by atoms with Crippen LogP contribution >= 0.6 is 0 Å². The molecule has 0 aliphatic rings. The van der Waals surface area contributed by atoms with Crippen LogP contribution in [0.15, 0.2) is 37.2 Å². The Labute approximate surface area is 159 Å². The van der Waals surface area contributed by atoms with Gasteiger partial charge in [0, 0.05) is 24.8 Å². The fourth-order valence-corrected chi connectivity index (χ4v) is 2.75. The molecule has 0 bridgehead atoms. The molecule has 0 amide bonds. The first-order valence-electron chi connectivity index (χ1n) is 8.41. The van der Waals surface area contributed by atoms with Gasteiger partial charge in [-0.1, -0.05) is 0 Å². The number of nitrogens with zero attached hydrogens (tertiary/aromatic N) is 6. The van der Waals surface area contributed by atoms with Gasteiger partial charge in [0.05, 0.1) is 30.4 Å². The minimum Gasteiger partial charge on any atom is -0.477 e. The van der Waals surface area contributed by atoms with E-state index in [1.54, 1.807) is 50.0 Å². The molecule has 0 unspecified atom stereocenters. The molecule has 10 nitrogen and oxygen atoms in total. The van der Waals surface area contributed by atoms with E-state index in [2.05, 4.69) is 19.9 Å². The van der Waals surface area contributed by atoms with E-state index in [1.807, 2.05) is 0 Å². The highest BCUT2D eigenvalue weighted by molar-refractivity contribution is 5.90. The fourth-order valence-electron chi connectivity index (χ4n) is 2.75. The van der Waals surface area contributed by atoms with Crippen molar-refractivity contribution in [2.75, 3.05) is 6.61 Å². The maximum Gasteiger partial charge on any atom is 0.357 e. The molecule has 144 valence electrons. The molecule has 0 aliphatic heterocycles. The molecule has 0 aromatic carbocycles. The Morgan fingerprint density at radius 2 is 1.46 bits per heavy atom. The molecule has 28 heavy (non-hydrogen) atoms. The molecule has 0 saturated carbocycles. The first-order valence-corrected chi connectivity index (χ1v) is 8.41. The van der Waals surface area contributed by atoms with Crippen molar-refractivity contribution in [3.05, 3.63) is 60.0 Å². The Balaban J connectivity index is 0.000000162. The molecule has 0 saturated heterocycles. The molecular formula is C18H18N6O4. The number of hydrogen-bond acceptors (Lipinski definition) is 7. The molecule has 4 rings (SSSR count). The largest absolute Gasteiger partial charge is 0.477 e. The maximum atomic E-state index is 11.6. The van der Waals surface area contributed by atoms with Gasteiger partial charge in [0.2, 0.25) is 0 Å². The topological polar surface area (TPSA) is 124 Å². The Bertz CT molecular complexity index is 1160. The minimum atomic E-state index is -0.976. The number of carbonyl (C=O) groups excluding carboxylic acids is 1. The number of fused-ring (bicyclic) bond motifs is 2. The van der Waals surface area contributed by atoms with Crippen LogP contribution in [0.25, 0.3) is 11.3 Å². The quantitative estimate of drug-likeness (QED) is 0.533. The minimum absolute atomic E-state index is 0.192. The second-order valence-electron chi connectivity index (χ2n) is 5.73. The van der Waals surface area contributed by atoms with Crippen LogP contribution in [0.3, 0.4) is 0 Å². The molecule has 4 heterocycles. The van der Waals surface area contributed by atoms with Gasteiger partial charge in [-0.15, -0.1) is 0 Å². The van der Waals surface area contributed by atoms with Crippen LogP contribution in [0.2, 0.25) is 0 Å². The highest BCUT2D eigenvalue weighted by atomic mass is 16.5. The van der Waals surface area contributed by atoms with Crippen molar-refractivity contribution < 1.29 is 19.4 Å². The zero-order valence-corrected chi connectivity index (χ0v) is 15.5. The van der Waals surface area contributed by atoms with E-state index in [-0.39, 0.29) is 11.7 Å². The van der Waals surface area contributed by atoms with Crippen molar-refractivity contribution in [1.29, 1.82) is 0 Å². The number of rotatable bonds is 3. The average Bonchev–Trinajstić information content (AvgIpc) is 3.17. The summed E-state index contributed by atoms with van der Waals surface area (Å²) in [5, 5.41) is 8.87. The number of aromatic nitrogens is 6. The highest BCUT2D eigenvalue weighted by Crippen LogP contribution is 2.12. The first-order chi connectivity index (χ1) is 13.4. The summed E-state index contributed by atoms with van der Waals surface area (Å²) >= 11 is 0. The molecule has 4 aromatic heterocycles. The molecule has 0 atom stereocenters. The fraction of sp³-hybridized carbons (Fsp3) is 0.222. The van der Waals surface area contributed by atoms with E-state index in [9.17, 15) is 9.59 Å². The summed E-state index contributed by atoms with van der Waals surface area (Å²) < 4.78 is 8.14. The highest BCUT2D eigenvalue weighted by Gasteiger charge is 2.17. The summed E-state index contributed by atoms with van der Waals surface area (Å²) in [7, 11) is 0. The van der Waals surface area contributed by atoms with Crippen molar-refractivity contribution in [1.82, 2.24) is 28.7 Å². The summed E-state index contributed by atoms with van der Waals surface area (Å²) in [6.45, 7) is 5.57. The predicted molar refractivity (Wildman–Crippen MR) is 98.4 cm³/mol. The summed E-state index contributed by atoms with van der Waals surface area (Å²) in [4.78, 5) is 38.5. The lowest BCUT2D eigenvalue weighted by molar-refractivity contribution is 0.0516. The van der Waals surface area contributed by atoms with Crippen LogP contribution in [0.5, 0.6) is 0 Å². The standard InChI is InChI=1S/C10H11N3O2.C8H7N3O2/c1-3-15-10(14)9-7(2)12-8-6-11-4-5-13(8)9;1-5-7(8(12)13)11-3-2-9-4-6(11)10-5/h4-6H,3H2,1-2H3;2-4H,1H3,(H,12,13). The van der Waals surface area contributed by atoms with Crippen LogP contribution in [-0.2, 0) is 4.74 Å². The van der Waals surface area contributed by atoms with Crippen molar-refractivity contribution in [3.63, 3.8) is 0 Å². The zero-order chi connectivity index (χ0) is 20.3. The Kier molecular flexibility index (Phi) is 5.30. The molecule has 0 aliphatic carbocycles. The van der Waals surface area contributed by atoms with Crippen molar-refractivity contribution in [2.45, 2.75) is 20.8 Å². The van der Waals surface area contributed by atoms with Crippen LogP contribution in [0.4, 0.5) is 0 Å². The van der Waals surface area contributed by atoms with Gasteiger partial charge in [-0.3, -0.25) is 18.8 Å². The molecular weight excluding hydrogens is 364 g/mol. The zero-order valence-electron chi connectivity index (χ0n) is 15.5. The molecule has 0 radical (unpaired) electrons. The van der Waals surface area contributed by atoms with Gasteiger partial charge in [0.25, 0.3) is 0 Å². The van der Waals surface area contributed by atoms with Gasteiger partial charge in [0.1, 0.15) is 0 Å². The second kappa shape index (κ2) is 7.82. The van der Waals surface area contributed by atoms with E-state index in [0.717, 1.165) is 0 Å². The van der Waals surface area contributed by atoms with E-state index >= 15 is 0 Å². The average molecular weight is 382 g/mol. The SMILES string of the molecule is CCOC(=O)c1c(C)nc2cnccn12.Cc1nc2cnccn2c1C(=O)O. The number of esters is 1. The van der Waals surface area contributed by atoms with E-state index in [1.165, 1.54) is 16.8 Å². The Morgan fingerprint density at radius 1 is 0.964 bits per heavy atom. The smallest absolute Gasteiger partial charge is 0.357 e. The Hall–Kier alpha value is -3.82. The number of ether oxygens (including phenoxy) is 1. The van der Waals surface area contributed by atoms with Crippen molar-refractivity contribution in [2.24, 2.45) is 0 Å². The number of carboxylic acids is 1. The third kappa shape index (κ3) is 3.52. The van der Waals surface area contributed by atoms with Gasteiger partial charge in [-0.05, 0) is 20.8 Å². The van der Waals surface area contributed by atoms with E-state index in [0.29, 0.717) is 35.0 Å². The van der Waals surface area contributed by atoms with Gasteiger partial charge in [-0.2, -0.15) is 0 Å². The number of hydrogen-bond donors (Lipinski definition) is 1. The third-order valence-corrected chi connectivity index (χ3v) is 3.88. The lowest BCUT2D eigenvalue weighted by atomic mass is 10.3. The predicted octanol–water partition coefficient (Wildman–Crippen LogP) is 1.95. The van der Waals surface area contributed by atoms with Crippen molar-refractivity contribution >= 4 is 23.2 Å². The van der Waals surface area contributed by atoms with Gasteiger partial charge < -0.3 is 9.84 Å². The lowest BCUT2D eigenvalue weighted by Crippen LogP contribution is -2.09. The number of carbonyl (C=O) groups is 2. The molecule has 0 fully saturated rings. The molecule has 10 heteroatoms. The lowest BCUT2D eigenvalue weighted by Gasteiger charge is -2.01. The van der Waals surface area contributed by atoms with Crippen LogP contribution in [0, 0.1) is 13.8 Å². The number of aromatic carboxylic acids is 1. The van der Waals surface area contributed by atoms with Crippen LogP contribution in [-0.4, -0.2) is 52.4 Å². The van der Waals surface area contributed by atoms with Crippen LogP contribution < -0.4 is 0 Å². The summed E-state index contributed by atoms with van der Waals surface area (Å²) in [5.41, 5.74) is 3.02. The molecule has 4 aromatic rings. The summed E-state index contributed by atoms with van der Waals surface area (Å²) in [5.74, 6) is -1.33. The van der Waals surface area contributed by atoms with Crippen molar-refractivity contribution in [3.8, 4) is 0 Å². The first kappa shape index (κ1) is 19.0. The number of imidazole rings is 2. The monoisotopic (exact) mass is 382 g/mol. The third-order valence-electron chi connectivity index (χ3n) is 3.88. The van der Waals surface area contributed by atoms with Gasteiger partial charge >= 0.3 is 11.9 Å². The van der Waals surface area contributed by atoms with E-state index < -0.39 is 5.97 Å². The summed E-state index contributed by atoms with van der Waals surface area (Å²) in [6.07, 6.45) is 9.55.